The largest absolute Gasteiger partial charge is 0.310 e. The van der Waals surface area contributed by atoms with Crippen LogP contribution in [0.3, 0.4) is 0 Å². The Kier molecular flexibility index (Phi) is 5.78. The molecule has 0 saturated carbocycles. The van der Waals surface area contributed by atoms with Crippen LogP contribution in [0.1, 0.15) is 29.7 Å². The van der Waals surface area contributed by atoms with E-state index in [1.165, 1.54) is 11.6 Å². The van der Waals surface area contributed by atoms with Gasteiger partial charge in [-0.15, -0.1) is 11.3 Å². The molecule has 1 aromatic carbocycles. The Morgan fingerprint density at radius 1 is 1.30 bits per heavy atom. The fourth-order valence-corrected chi connectivity index (χ4v) is 5.18. The van der Waals surface area contributed by atoms with Gasteiger partial charge in [0.15, 0.2) is 0 Å². The summed E-state index contributed by atoms with van der Waals surface area (Å²) in [6.07, 6.45) is 0.777. The first-order chi connectivity index (χ1) is 9.51. The number of benzene rings is 1. The lowest BCUT2D eigenvalue weighted by Crippen LogP contribution is -2.23. The van der Waals surface area contributed by atoms with Crippen molar-refractivity contribution in [1.29, 1.82) is 0 Å². The Morgan fingerprint density at radius 3 is 2.65 bits per heavy atom. The molecule has 0 fully saturated rings. The van der Waals surface area contributed by atoms with E-state index in [1.807, 2.05) is 13.0 Å². The van der Waals surface area contributed by atoms with Crippen molar-refractivity contribution in [2.75, 3.05) is 6.54 Å². The summed E-state index contributed by atoms with van der Waals surface area (Å²) in [4.78, 5) is 0. The number of likely N-dealkylation sites (N-methyl/N-ethyl adjacent to an activating group) is 1. The summed E-state index contributed by atoms with van der Waals surface area (Å²) in [5.74, 6) is -0.175. The molecule has 2 aromatic rings. The van der Waals surface area contributed by atoms with Gasteiger partial charge in [0, 0.05) is 6.04 Å². The lowest BCUT2D eigenvalue weighted by Gasteiger charge is -2.19. The monoisotopic (exact) mass is 419 g/mol. The van der Waals surface area contributed by atoms with E-state index in [9.17, 15) is 4.39 Å². The smallest absolute Gasteiger partial charge is 0.123 e. The van der Waals surface area contributed by atoms with Crippen LogP contribution in [0.2, 0.25) is 0 Å². The molecule has 1 N–H and O–H groups in total. The number of rotatable bonds is 5. The van der Waals surface area contributed by atoms with Crippen LogP contribution in [-0.2, 0) is 6.42 Å². The van der Waals surface area contributed by atoms with Crippen LogP contribution >= 0.6 is 43.2 Å². The third-order valence-electron chi connectivity index (χ3n) is 3.24. The van der Waals surface area contributed by atoms with Gasteiger partial charge in [-0.1, -0.05) is 13.0 Å². The molecule has 0 aliphatic heterocycles. The highest BCUT2D eigenvalue weighted by molar-refractivity contribution is 9.12. The minimum atomic E-state index is -0.175. The maximum absolute atomic E-state index is 13.4. The Bertz CT molecular complexity index is 598. The predicted octanol–water partition coefficient (Wildman–Crippen LogP) is 5.61. The van der Waals surface area contributed by atoms with Crippen molar-refractivity contribution < 1.29 is 4.39 Å². The topological polar surface area (TPSA) is 12.0 Å². The van der Waals surface area contributed by atoms with Crippen molar-refractivity contribution in [2.24, 2.45) is 0 Å². The second kappa shape index (κ2) is 7.16. The Hall–Kier alpha value is -0.230. The molecular weight excluding hydrogens is 405 g/mol. The van der Waals surface area contributed by atoms with Gasteiger partial charge in [-0.2, -0.15) is 0 Å². The lowest BCUT2D eigenvalue weighted by atomic mass is 9.97. The van der Waals surface area contributed by atoms with Gasteiger partial charge in [0.05, 0.1) is 7.57 Å². The summed E-state index contributed by atoms with van der Waals surface area (Å²) in [6, 6.07) is 7.29. The molecule has 0 saturated heterocycles. The first kappa shape index (κ1) is 16.1. The third-order valence-corrected chi connectivity index (χ3v) is 5.63. The fourth-order valence-electron chi connectivity index (χ4n) is 2.21. The zero-order valence-electron chi connectivity index (χ0n) is 11.3. The normalized spacial score (nSPS) is 12.7. The van der Waals surface area contributed by atoms with E-state index >= 15 is 0 Å². The lowest BCUT2D eigenvalue weighted by molar-refractivity contribution is 0.545. The van der Waals surface area contributed by atoms with Gasteiger partial charge in [-0.05, 0) is 86.6 Å². The molecule has 108 valence electrons. The second-order valence-electron chi connectivity index (χ2n) is 4.66. The zero-order valence-corrected chi connectivity index (χ0v) is 15.3. The van der Waals surface area contributed by atoms with E-state index in [1.54, 1.807) is 17.4 Å². The summed E-state index contributed by atoms with van der Waals surface area (Å²) < 4.78 is 15.6. The van der Waals surface area contributed by atoms with E-state index in [4.69, 9.17) is 0 Å². The average molecular weight is 421 g/mol. The van der Waals surface area contributed by atoms with Crippen molar-refractivity contribution in [3.63, 3.8) is 0 Å². The van der Waals surface area contributed by atoms with E-state index < -0.39 is 0 Å². The van der Waals surface area contributed by atoms with Gasteiger partial charge in [0.1, 0.15) is 5.82 Å². The molecule has 1 aromatic heterocycles. The van der Waals surface area contributed by atoms with Crippen molar-refractivity contribution in [3.8, 4) is 0 Å². The molecule has 5 heteroatoms. The van der Waals surface area contributed by atoms with E-state index in [0.717, 1.165) is 31.7 Å². The molecule has 1 nitrogen and oxygen atoms in total. The molecular formula is C15H16Br2FNS. The highest BCUT2D eigenvalue weighted by atomic mass is 79.9. The molecule has 2 rings (SSSR count). The highest BCUT2D eigenvalue weighted by Crippen LogP contribution is 2.36. The molecule has 0 amide bonds. The molecule has 0 aliphatic rings. The van der Waals surface area contributed by atoms with Crippen molar-refractivity contribution in [3.05, 3.63) is 54.3 Å². The number of hydrogen-bond donors (Lipinski definition) is 1. The van der Waals surface area contributed by atoms with Crippen molar-refractivity contribution in [1.82, 2.24) is 5.32 Å². The maximum atomic E-state index is 13.4. The Balaban J connectivity index is 2.30. The van der Waals surface area contributed by atoms with Gasteiger partial charge in [-0.25, -0.2) is 4.39 Å². The molecule has 1 unspecified atom stereocenters. The first-order valence-corrected chi connectivity index (χ1v) is 8.84. The molecule has 1 atom stereocenters. The summed E-state index contributed by atoms with van der Waals surface area (Å²) in [7, 11) is 0. The van der Waals surface area contributed by atoms with Gasteiger partial charge in [-0.3, -0.25) is 0 Å². The van der Waals surface area contributed by atoms with Crippen LogP contribution in [0.5, 0.6) is 0 Å². The summed E-state index contributed by atoms with van der Waals surface area (Å²) in [5.41, 5.74) is 3.39. The third kappa shape index (κ3) is 3.91. The zero-order chi connectivity index (χ0) is 14.7. The Labute approximate surface area is 139 Å². The minimum Gasteiger partial charge on any atom is -0.310 e. The molecule has 0 bridgehead atoms. The number of aryl methyl sites for hydroxylation is 1. The van der Waals surface area contributed by atoms with Gasteiger partial charge in [0.2, 0.25) is 0 Å². The van der Waals surface area contributed by atoms with Crippen LogP contribution in [0.25, 0.3) is 0 Å². The molecule has 0 aliphatic carbocycles. The van der Waals surface area contributed by atoms with Crippen LogP contribution < -0.4 is 5.32 Å². The fraction of sp³-hybridized carbons (Fsp3) is 0.333. The van der Waals surface area contributed by atoms with Crippen molar-refractivity contribution >= 4 is 43.2 Å². The molecule has 20 heavy (non-hydrogen) atoms. The van der Waals surface area contributed by atoms with Gasteiger partial charge in [0.25, 0.3) is 0 Å². The summed E-state index contributed by atoms with van der Waals surface area (Å²) in [6.45, 7) is 4.98. The average Bonchev–Trinajstić information content (AvgIpc) is 2.72. The van der Waals surface area contributed by atoms with Crippen LogP contribution in [-0.4, -0.2) is 6.54 Å². The van der Waals surface area contributed by atoms with Gasteiger partial charge < -0.3 is 5.32 Å². The quantitative estimate of drug-likeness (QED) is 0.662. The molecule has 0 radical (unpaired) electrons. The standard InChI is InChI=1S/C15H16Br2FNS/c1-3-19-13(12-8-14(16)20-15(12)17)7-10-6-11(18)5-4-9(10)2/h4-6,8,13,19H,3,7H2,1-2H3. The molecule has 1 heterocycles. The van der Waals surface area contributed by atoms with E-state index in [2.05, 4.69) is 50.2 Å². The number of halogens is 3. The highest BCUT2D eigenvalue weighted by Gasteiger charge is 2.18. The van der Waals surface area contributed by atoms with Crippen LogP contribution in [0.4, 0.5) is 4.39 Å². The summed E-state index contributed by atoms with van der Waals surface area (Å²) >= 11 is 8.78. The van der Waals surface area contributed by atoms with Crippen LogP contribution in [0, 0.1) is 12.7 Å². The Morgan fingerprint density at radius 2 is 2.05 bits per heavy atom. The minimum absolute atomic E-state index is 0.175. The van der Waals surface area contributed by atoms with Crippen molar-refractivity contribution in [2.45, 2.75) is 26.3 Å². The second-order valence-corrected chi connectivity index (χ2v) is 8.41. The van der Waals surface area contributed by atoms with Crippen LogP contribution in [0.15, 0.2) is 31.8 Å². The molecule has 0 spiro atoms. The summed E-state index contributed by atoms with van der Waals surface area (Å²) in [5, 5.41) is 3.48. The number of nitrogens with one attached hydrogen (secondary N) is 1. The maximum Gasteiger partial charge on any atom is 0.123 e. The van der Waals surface area contributed by atoms with Gasteiger partial charge >= 0.3 is 0 Å². The SMILES string of the molecule is CCNC(Cc1cc(F)ccc1C)c1cc(Br)sc1Br. The number of thiophene rings is 1. The predicted molar refractivity (Wildman–Crippen MR) is 91.0 cm³/mol. The first-order valence-electron chi connectivity index (χ1n) is 6.44. The van der Waals surface area contributed by atoms with E-state index in [-0.39, 0.29) is 11.9 Å². The number of hydrogen-bond acceptors (Lipinski definition) is 2. The van der Waals surface area contributed by atoms with E-state index in [0.29, 0.717) is 0 Å².